The molecule has 4 heterocycles. The van der Waals surface area contributed by atoms with Gasteiger partial charge in [0.2, 0.25) is 17.7 Å². The van der Waals surface area contributed by atoms with E-state index in [1.54, 1.807) is 27.8 Å². The molecule has 2 aliphatic heterocycles. The zero-order valence-corrected chi connectivity index (χ0v) is 26.8. The quantitative estimate of drug-likeness (QED) is 0.320. The largest absolute Gasteiger partial charge is 0.444 e. The number of nitrogens with zero attached hydrogens (tertiary/aromatic N) is 7. The van der Waals surface area contributed by atoms with Gasteiger partial charge in [-0.05, 0) is 58.4 Å². The van der Waals surface area contributed by atoms with Crippen molar-refractivity contribution in [3.63, 3.8) is 0 Å². The fraction of sp³-hybridized carbons (Fsp3) is 0.484. The molecule has 47 heavy (non-hydrogen) atoms. The second kappa shape index (κ2) is 12.4. The van der Waals surface area contributed by atoms with Crippen molar-refractivity contribution in [2.24, 2.45) is 0 Å². The lowest BCUT2D eigenvalue weighted by Crippen LogP contribution is -2.50. The van der Waals surface area contributed by atoms with Gasteiger partial charge in [0.25, 0.3) is 0 Å². The number of benzene rings is 1. The fourth-order valence-corrected chi connectivity index (χ4v) is 5.54. The standard InChI is InChI=1S/C31H35F4N7O5/c1-17-12-19(31(33,34)35)13-23(36-17)42-22(10-11-25(42)43)28(44)40(6)21-9-7-8-20(32)26(21)39(5)16-24-37-27(38-47-24)18-14-41(15-18)29(45)46-30(2,3)4/h7-9,12-13,18,22H,10-11,14-16H2,1-6H3. The lowest BCUT2D eigenvalue weighted by Gasteiger charge is -2.38. The molecule has 2 aromatic heterocycles. The van der Waals surface area contributed by atoms with Crippen molar-refractivity contribution in [2.75, 3.05) is 41.9 Å². The minimum Gasteiger partial charge on any atom is -0.444 e. The van der Waals surface area contributed by atoms with Crippen molar-refractivity contribution in [1.29, 1.82) is 0 Å². The molecule has 2 fully saturated rings. The average molecular weight is 662 g/mol. The predicted octanol–water partition coefficient (Wildman–Crippen LogP) is 5.06. The number of amides is 3. The molecule has 1 atom stereocenters. The van der Waals surface area contributed by atoms with Gasteiger partial charge in [0.15, 0.2) is 5.82 Å². The molecule has 2 saturated heterocycles. The number of pyridine rings is 1. The number of aryl methyl sites for hydroxylation is 1. The number of carbonyl (C=O) groups excluding carboxylic acids is 3. The van der Waals surface area contributed by atoms with Crippen LogP contribution in [0.25, 0.3) is 0 Å². The number of alkyl halides is 3. The number of para-hydroxylation sites is 1. The van der Waals surface area contributed by atoms with Crippen molar-refractivity contribution in [3.05, 3.63) is 59.1 Å². The lowest BCUT2D eigenvalue weighted by atomic mass is 10.0. The molecule has 1 unspecified atom stereocenters. The number of halogens is 4. The van der Waals surface area contributed by atoms with Gasteiger partial charge < -0.3 is 24.0 Å². The van der Waals surface area contributed by atoms with Crippen molar-refractivity contribution in [2.45, 2.75) is 70.8 Å². The number of likely N-dealkylation sites (N-methyl/N-ethyl adjacent to an activating group) is 1. The summed E-state index contributed by atoms with van der Waals surface area (Å²) in [5.41, 5.74) is -1.41. The monoisotopic (exact) mass is 661 g/mol. The number of aromatic nitrogens is 3. The van der Waals surface area contributed by atoms with Crippen LogP contribution in [0.5, 0.6) is 0 Å². The molecule has 12 nitrogen and oxygen atoms in total. The molecule has 0 radical (unpaired) electrons. The van der Waals surface area contributed by atoms with Crippen LogP contribution in [0, 0.1) is 12.7 Å². The predicted molar refractivity (Wildman–Crippen MR) is 161 cm³/mol. The van der Waals surface area contributed by atoms with E-state index in [2.05, 4.69) is 15.1 Å². The zero-order chi connectivity index (χ0) is 34.4. The first-order chi connectivity index (χ1) is 21.9. The SMILES string of the molecule is Cc1cc(C(F)(F)F)cc(N2C(=O)CCC2C(=O)N(C)c2cccc(F)c2N(C)Cc2nc(C3CN(C(=O)OC(C)(C)C)C3)no2)n1. The summed E-state index contributed by atoms with van der Waals surface area (Å²) in [6.45, 7) is 7.38. The van der Waals surface area contributed by atoms with Crippen LogP contribution in [-0.2, 0) is 27.0 Å². The number of carbonyl (C=O) groups is 3. The molecule has 5 rings (SSSR count). The van der Waals surface area contributed by atoms with Crippen LogP contribution in [0.4, 0.5) is 39.5 Å². The van der Waals surface area contributed by atoms with E-state index in [0.717, 1.165) is 17.0 Å². The smallest absolute Gasteiger partial charge is 0.416 e. The molecule has 0 bridgehead atoms. The molecule has 16 heteroatoms. The number of anilines is 3. The Morgan fingerprint density at radius 2 is 1.81 bits per heavy atom. The fourth-order valence-electron chi connectivity index (χ4n) is 5.54. The minimum atomic E-state index is -4.68. The summed E-state index contributed by atoms with van der Waals surface area (Å²) in [6.07, 6.45) is -5.15. The van der Waals surface area contributed by atoms with E-state index in [9.17, 15) is 27.6 Å². The van der Waals surface area contributed by atoms with Crippen LogP contribution >= 0.6 is 0 Å². The van der Waals surface area contributed by atoms with Crippen LogP contribution in [-0.4, -0.2) is 76.8 Å². The highest BCUT2D eigenvalue weighted by Gasteiger charge is 2.42. The van der Waals surface area contributed by atoms with Crippen LogP contribution in [0.15, 0.2) is 34.9 Å². The number of ether oxygens (including phenoxy) is 1. The van der Waals surface area contributed by atoms with Gasteiger partial charge in [-0.1, -0.05) is 11.2 Å². The first-order valence-corrected chi connectivity index (χ1v) is 14.9. The maximum absolute atomic E-state index is 15.4. The molecule has 0 saturated carbocycles. The molecule has 0 N–H and O–H groups in total. The Bertz CT molecular complexity index is 1680. The summed E-state index contributed by atoms with van der Waals surface area (Å²) in [7, 11) is 2.97. The summed E-state index contributed by atoms with van der Waals surface area (Å²) in [5.74, 6) is -1.73. The zero-order valence-electron chi connectivity index (χ0n) is 26.8. The Labute approximate surface area is 268 Å². The van der Waals surface area contributed by atoms with E-state index in [0.29, 0.717) is 18.9 Å². The maximum atomic E-state index is 15.4. The third-order valence-electron chi connectivity index (χ3n) is 7.80. The number of hydrogen-bond acceptors (Lipinski definition) is 9. The van der Waals surface area contributed by atoms with E-state index in [4.69, 9.17) is 9.26 Å². The summed E-state index contributed by atoms with van der Waals surface area (Å²) in [4.78, 5) is 52.6. The maximum Gasteiger partial charge on any atom is 0.416 e. The third-order valence-corrected chi connectivity index (χ3v) is 7.80. The highest BCUT2D eigenvalue weighted by molar-refractivity contribution is 6.09. The van der Waals surface area contributed by atoms with E-state index in [1.165, 1.54) is 46.9 Å². The second-order valence-electron chi connectivity index (χ2n) is 12.7. The number of likely N-dealkylation sites (tertiary alicyclic amines) is 1. The van der Waals surface area contributed by atoms with E-state index < -0.39 is 47.1 Å². The van der Waals surface area contributed by atoms with Crippen LogP contribution < -0.4 is 14.7 Å². The molecular formula is C31H35F4N7O5. The molecule has 3 aromatic rings. The van der Waals surface area contributed by atoms with Gasteiger partial charge in [0, 0.05) is 39.3 Å². The Kier molecular flexibility index (Phi) is 8.90. The van der Waals surface area contributed by atoms with Crippen LogP contribution in [0.2, 0.25) is 0 Å². The first kappa shape index (κ1) is 33.6. The van der Waals surface area contributed by atoms with E-state index in [1.807, 2.05) is 0 Å². The van der Waals surface area contributed by atoms with Gasteiger partial charge >= 0.3 is 12.3 Å². The molecule has 252 valence electrons. The Morgan fingerprint density at radius 3 is 2.47 bits per heavy atom. The van der Waals surface area contributed by atoms with Gasteiger partial charge in [-0.2, -0.15) is 18.2 Å². The highest BCUT2D eigenvalue weighted by Crippen LogP contribution is 2.37. The molecule has 1 aromatic carbocycles. The second-order valence-corrected chi connectivity index (χ2v) is 12.7. The lowest BCUT2D eigenvalue weighted by molar-refractivity contribution is -0.137. The van der Waals surface area contributed by atoms with Gasteiger partial charge in [0.05, 0.1) is 29.4 Å². The number of hydrogen-bond donors (Lipinski definition) is 0. The molecule has 3 amide bonds. The van der Waals surface area contributed by atoms with E-state index >= 15 is 4.39 Å². The Hall–Kier alpha value is -4.76. The first-order valence-electron chi connectivity index (χ1n) is 14.9. The average Bonchev–Trinajstić information content (AvgIpc) is 3.55. The Balaban J connectivity index is 1.31. The van der Waals surface area contributed by atoms with Gasteiger partial charge in [-0.15, -0.1) is 0 Å². The third kappa shape index (κ3) is 7.15. The van der Waals surface area contributed by atoms with Crippen molar-refractivity contribution < 1.29 is 41.2 Å². The summed E-state index contributed by atoms with van der Waals surface area (Å²) in [5, 5.41) is 4.02. The molecule has 2 aliphatic rings. The Morgan fingerprint density at radius 1 is 1.11 bits per heavy atom. The topological polar surface area (TPSA) is 125 Å². The summed E-state index contributed by atoms with van der Waals surface area (Å²) in [6, 6.07) is 4.59. The van der Waals surface area contributed by atoms with Gasteiger partial charge in [-0.3, -0.25) is 14.5 Å². The van der Waals surface area contributed by atoms with Gasteiger partial charge in [0.1, 0.15) is 23.3 Å². The van der Waals surface area contributed by atoms with Crippen molar-refractivity contribution >= 4 is 35.1 Å². The normalized spacial score (nSPS) is 17.1. The molecular weight excluding hydrogens is 626 g/mol. The van der Waals surface area contributed by atoms with Gasteiger partial charge in [-0.25, -0.2) is 14.2 Å². The number of rotatable bonds is 7. The molecule has 0 aliphatic carbocycles. The molecule has 0 spiro atoms. The van der Waals surface area contributed by atoms with E-state index in [-0.39, 0.29) is 54.1 Å². The van der Waals surface area contributed by atoms with Crippen molar-refractivity contribution in [3.8, 4) is 0 Å². The van der Waals surface area contributed by atoms with Crippen molar-refractivity contribution in [1.82, 2.24) is 20.0 Å². The summed E-state index contributed by atoms with van der Waals surface area (Å²) < 4.78 is 66.7. The highest BCUT2D eigenvalue weighted by atomic mass is 19.4. The minimum absolute atomic E-state index is 0.0201. The van der Waals surface area contributed by atoms with Crippen LogP contribution in [0.3, 0.4) is 0 Å². The van der Waals surface area contributed by atoms with Crippen LogP contribution in [0.1, 0.15) is 62.5 Å². The summed E-state index contributed by atoms with van der Waals surface area (Å²) >= 11 is 0.